The molecular weight excluding hydrogens is 190 g/mol. The first kappa shape index (κ1) is 10.2. The van der Waals surface area contributed by atoms with Gasteiger partial charge in [0.05, 0.1) is 11.9 Å². The lowest BCUT2D eigenvalue weighted by molar-refractivity contribution is 0.378. The average molecular weight is 200 g/mol. The highest BCUT2D eigenvalue weighted by molar-refractivity contribution is 7.48. The molecule has 0 aliphatic heterocycles. The van der Waals surface area contributed by atoms with Gasteiger partial charge >= 0.3 is 0 Å². The van der Waals surface area contributed by atoms with Crippen LogP contribution in [0.5, 0.6) is 0 Å². The topological polar surface area (TPSA) is 26.3 Å². The average Bonchev–Trinajstić information content (AvgIpc) is 2.15. The summed E-state index contributed by atoms with van der Waals surface area (Å²) in [6.45, 7) is 3.58. The number of halogens is 1. The Balaban J connectivity index is 2.76. The Bertz CT molecular complexity index is 325. The van der Waals surface area contributed by atoms with E-state index in [0.29, 0.717) is 0 Å². The minimum Gasteiger partial charge on any atom is -0.323 e. The molecule has 0 saturated carbocycles. The van der Waals surface area contributed by atoms with E-state index in [1.807, 2.05) is 0 Å². The van der Waals surface area contributed by atoms with Crippen molar-refractivity contribution in [3.8, 4) is 0 Å². The number of benzene rings is 1. The largest absolute Gasteiger partial charge is 0.323 e. The van der Waals surface area contributed by atoms with E-state index in [4.69, 9.17) is 4.52 Å². The fourth-order valence-corrected chi connectivity index (χ4v) is 1.77. The highest BCUT2D eigenvalue weighted by Crippen LogP contribution is 2.22. The van der Waals surface area contributed by atoms with Crippen LogP contribution in [-0.2, 0) is 9.09 Å². The Hall–Kier alpha value is -0.920. The van der Waals surface area contributed by atoms with Crippen LogP contribution in [0.15, 0.2) is 36.9 Å². The molecular formula is C9H10FO2P. The van der Waals surface area contributed by atoms with E-state index < -0.39 is 13.8 Å². The Morgan fingerprint density at radius 2 is 2.23 bits per heavy atom. The van der Waals surface area contributed by atoms with Gasteiger partial charge in [0.25, 0.3) is 0 Å². The van der Waals surface area contributed by atoms with Crippen LogP contribution in [0.4, 0.5) is 4.39 Å². The second-order valence-corrected chi connectivity index (χ2v) is 3.77. The van der Waals surface area contributed by atoms with E-state index in [1.165, 1.54) is 18.2 Å². The van der Waals surface area contributed by atoms with Gasteiger partial charge < -0.3 is 4.52 Å². The van der Waals surface area contributed by atoms with Gasteiger partial charge in [-0.15, -0.1) is 6.58 Å². The maximum atomic E-state index is 13.0. The van der Waals surface area contributed by atoms with Gasteiger partial charge in [-0.05, 0) is 12.1 Å². The lowest BCUT2D eigenvalue weighted by Gasteiger charge is -2.02. The van der Waals surface area contributed by atoms with Crippen LogP contribution in [0.3, 0.4) is 0 Å². The Morgan fingerprint density at radius 3 is 2.85 bits per heavy atom. The van der Waals surface area contributed by atoms with Gasteiger partial charge in [0.15, 0.2) is 0 Å². The van der Waals surface area contributed by atoms with Gasteiger partial charge in [-0.1, -0.05) is 18.2 Å². The van der Waals surface area contributed by atoms with E-state index in [2.05, 4.69) is 6.58 Å². The molecule has 1 atom stereocenters. The summed E-state index contributed by atoms with van der Waals surface area (Å²) in [6.07, 6.45) is 1.48. The predicted octanol–water partition coefficient (Wildman–Crippen LogP) is 2.13. The Labute approximate surface area is 76.9 Å². The smallest absolute Gasteiger partial charge is 0.223 e. The van der Waals surface area contributed by atoms with E-state index in [9.17, 15) is 8.96 Å². The number of rotatable bonds is 4. The number of hydrogen-bond donors (Lipinski definition) is 0. The summed E-state index contributed by atoms with van der Waals surface area (Å²) in [5.74, 6) is -0.490. The molecule has 2 nitrogen and oxygen atoms in total. The first-order valence-electron chi connectivity index (χ1n) is 3.78. The van der Waals surface area contributed by atoms with E-state index in [1.54, 1.807) is 12.1 Å². The molecule has 0 fully saturated rings. The first-order valence-corrected chi connectivity index (χ1v) is 5.10. The van der Waals surface area contributed by atoms with E-state index in [0.717, 1.165) is 0 Å². The highest BCUT2D eigenvalue weighted by Gasteiger charge is 2.07. The summed E-state index contributed by atoms with van der Waals surface area (Å²) in [5.41, 5.74) is 0. The molecule has 1 aromatic carbocycles. The molecule has 0 spiro atoms. The normalized spacial score (nSPS) is 12.4. The maximum Gasteiger partial charge on any atom is 0.223 e. The lowest BCUT2D eigenvalue weighted by Crippen LogP contribution is -2.03. The molecule has 0 radical (unpaired) electrons. The fraction of sp³-hybridized carbons (Fsp3) is 0.111. The van der Waals surface area contributed by atoms with Gasteiger partial charge in [-0.25, -0.2) is 4.39 Å². The molecule has 4 heteroatoms. The SMILES string of the molecule is C=CCO[PH](=O)c1ccccc1F. The van der Waals surface area contributed by atoms with Crippen LogP contribution in [0.2, 0.25) is 0 Å². The van der Waals surface area contributed by atoms with E-state index in [-0.39, 0.29) is 11.9 Å². The van der Waals surface area contributed by atoms with Crippen molar-refractivity contribution in [2.24, 2.45) is 0 Å². The molecule has 0 aliphatic carbocycles. The van der Waals surface area contributed by atoms with Crippen molar-refractivity contribution in [2.75, 3.05) is 6.61 Å². The molecule has 1 aromatic rings. The molecule has 13 heavy (non-hydrogen) atoms. The molecule has 0 amide bonds. The van der Waals surface area contributed by atoms with Crippen LogP contribution >= 0.6 is 8.03 Å². The van der Waals surface area contributed by atoms with Crippen LogP contribution in [0.25, 0.3) is 0 Å². The third-order valence-electron chi connectivity index (χ3n) is 1.43. The van der Waals surface area contributed by atoms with Gasteiger partial charge in [0, 0.05) is 0 Å². The maximum absolute atomic E-state index is 13.0. The third-order valence-corrected chi connectivity index (χ3v) is 2.70. The zero-order valence-corrected chi connectivity index (χ0v) is 8.00. The zero-order valence-electron chi connectivity index (χ0n) is 7.00. The van der Waals surface area contributed by atoms with Crippen molar-refractivity contribution in [2.45, 2.75) is 0 Å². The highest BCUT2D eigenvalue weighted by atomic mass is 31.1. The lowest BCUT2D eigenvalue weighted by atomic mass is 10.3. The Kier molecular flexibility index (Phi) is 3.87. The molecule has 0 aliphatic rings. The second kappa shape index (κ2) is 4.95. The molecule has 1 unspecified atom stereocenters. The van der Waals surface area contributed by atoms with Crippen molar-refractivity contribution in [1.82, 2.24) is 0 Å². The van der Waals surface area contributed by atoms with Crippen molar-refractivity contribution in [3.63, 3.8) is 0 Å². The van der Waals surface area contributed by atoms with Gasteiger partial charge in [0.1, 0.15) is 5.82 Å². The van der Waals surface area contributed by atoms with Crippen LogP contribution in [-0.4, -0.2) is 6.61 Å². The molecule has 0 bridgehead atoms. The summed E-state index contributed by atoms with van der Waals surface area (Å²) >= 11 is 0. The van der Waals surface area contributed by atoms with Gasteiger partial charge in [-0.3, -0.25) is 4.57 Å². The quantitative estimate of drug-likeness (QED) is 0.549. The number of hydrogen-bond acceptors (Lipinski definition) is 2. The minimum atomic E-state index is -2.46. The summed E-state index contributed by atoms with van der Waals surface area (Å²) in [5, 5.41) is 0.134. The zero-order chi connectivity index (χ0) is 9.68. The Morgan fingerprint density at radius 1 is 1.54 bits per heavy atom. The van der Waals surface area contributed by atoms with Crippen molar-refractivity contribution in [3.05, 3.63) is 42.7 Å². The van der Waals surface area contributed by atoms with Gasteiger partial charge in [-0.2, -0.15) is 0 Å². The minimum absolute atomic E-state index is 0.134. The molecule has 0 saturated heterocycles. The molecule has 1 rings (SSSR count). The van der Waals surface area contributed by atoms with Crippen LogP contribution in [0, 0.1) is 5.82 Å². The van der Waals surface area contributed by atoms with Gasteiger partial charge in [0.2, 0.25) is 8.03 Å². The fourth-order valence-electron chi connectivity index (χ4n) is 0.839. The van der Waals surface area contributed by atoms with Crippen molar-refractivity contribution in [1.29, 1.82) is 0 Å². The summed E-state index contributed by atoms with van der Waals surface area (Å²) < 4.78 is 29.1. The third kappa shape index (κ3) is 2.79. The molecule has 0 aromatic heterocycles. The summed E-state index contributed by atoms with van der Waals surface area (Å²) in [6, 6.07) is 5.88. The van der Waals surface area contributed by atoms with Crippen LogP contribution in [0.1, 0.15) is 0 Å². The molecule has 0 heterocycles. The van der Waals surface area contributed by atoms with Crippen molar-refractivity contribution >= 4 is 13.3 Å². The predicted molar refractivity (Wildman–Crippen MR) is 51.2 cm³/mol. The molecule has 70 valence electrons. The van der Waals surface area contributed by atoms with Crippen LogP contribution < -0.4 is 5.30 Å². The standard InChI is InChI=1S/C9H10FO2P/c1-2-7-12-13(11)9-6-4-3-5-8(9)10/h2-6,13H,1,7H2. The monoisotopic (exact) mass is 200 g/mol. The molecule has 0 N–H and O–H groups in total. The van der Waals surface area contributed by atoms with Crippen molar-refractivity contribution < 1.29 is 13.5 Å². The summed E-state index contributed by atoms with van der Waals surface area (Å²) in [7, 11) is -2.46. The summed E-state index contributed by atoms with van der Waals surface area (Å²) in [4.78, 5) is 0. The first-order chi connectivity index (χ1) is 6.25. The second-order valence-electron chi connectivity index (χ2n) is 2.37. The van der Waals surface area contributed by atoms with E-state index >= 15 is 0 Å².